The molecule has 0 aromatic carbocycles. The Morgan fingerprint density at radius 3 is 2.79 bits per heavy atom. The lowest BCUT2D eigenvalue weighted by atomic mass is 9.80. The van der Waals surface area contributed by atoms with Gasteiger partial charge in [-0.1, -0.05) is 35.7 Å². The highest BCUT2D eigenvalue weighted by Crippen LogP contribution is 2.38. The molecule has 1 saturated carbocycles. The lowest BCUT2D eigenvalue weighted by Gasteiger charge is -2.43. The smallest absolute Gasteiger partial charge is 0.105 e. The molecule has 0 aromatic heterocycles. The Kier molecular flexibility index (Phi) is 3.50. The van der Waals surface area contributed by atoms with Crippen LogP contribution < -0.4 is 0 Å². The second-order valence-corrected chi connectivity index (χ2v) is 5.36. The normalized spacial score (nSPS) is 39.4. The monoisotopic (exact) mass is 262 g/mol. The number of hydrogen-bond acceptors (Lipinski definition) is 2. The zero-order valence-corrected chi connectivity index (χ0v) is 10.4. The van der Waals surface area contributed by atoms with E-state index in [1.54, 1.807) is 0 Å². The van der Waals surface area contributed by atoms with Crippen molar-refractivity contribution in [2.75, 3.05) is 18.5 Å². The molecule has 1 heterocycles. The maximum atomic E-state index is 6.16. The summed E-state index contributed by atoms with van der Waals surface area (Å²) in [4.78, 5) is 0. The summed E-state index contributed by atoms with van der Waals surface area (Å²) >= 11 is 3.61. The zero-order valence-electron chi connectivity index (χ0n) is 8.80. The third kappa shape index (κ3) is 2.31. The SMILES string of the molecule is CC1CCCC(CBr)(OC2COC2)C1. The molecule has 14 heavy (non-hydrogen) atoms. The third-order valence-electron chi connectivity index (χ3n) is 3.32. The third-order valence-corrected chi connectivity index (χ3v) is 4.34. The number of hydrogen-bond donors (Lipinski definition) is 0. The van der Waals surface area contributed by atoms with Gasteiger partial charge in [0.2, 0.25) is 0 Å². The van der Waals surface area contributed by atoms with Crippen LogP contribution in [0.1, 0.15) is 32.6 Å². The first kappa shape index (κ1) is 10.9. The summed E-state index contributed by atoms with van der Waals surface area (Å²) < 4.78 is 11.3. The predicted molar refractivity (Wildman–Crippen MR) is 59.8 cm³/mol. The highest BCUT2D eigenvalue weighted by molar-refractivity contribution is 9.09. The van der Waals surface area contributed by atoms with Gasteiger partial charge in [0.1, 0.15) is 6.10 Å². The van der Waals surface area contributed by atoms with Gasteiger partial charge in [0.15, 0.2) is 0 Å². The fourth-order valence-electron chi connectivity index (χ4n) is 2.51. The quantitative estimate of drug-likeness (QED) is 0.729. The molecule has 1 aliphatic heterocycles. The Balaban J connectivity index is 1.92. The molecular formula is C11H19BrO2. The van der Waals surface area contributed by atoms with Crippen LogP contribution in [0.25, 0.3) is 0 Å². The van der Waals surface area contributed by atoms with Crippen molar-refractivity contribution in [1.29, 1.82) is 0 Å². The average Bonchev–Trinajstić information content (AvgIpc) is 2.12. The standard InChI is InChI=1S/C11H19BrO2/c1-9-3-2-4-11(5-9,8-12)14-10-6-13-7-10/h9-10H,2-8H2,1H3. The van der Waals surface area contributed by atoms with Crippen LogP contribution in [0, 0.1) is 5.92 Å². The minimum Gasteiger partial charge on any atom is -0.376 e. The van der Waals surface area contributed by atoms with E-state index < -0.39 is 0 Å². The van der Waals surface area contributed by atoms with E-state index in [1.165, 1.54) is 25.7 Å². The lowest BCUT2D eigenvalue weighted by molar-refractivity contribution is -0.197. The molecule has 2 rings (SSSR count). The van der Waals surface area contributed by atoms with Gasteiger partial charge >= 0.3 is 0 Å². The number of rotatable bonds is 3. The molecule has 0 radical (unpaired) electrons. The topological polar surface area (TPSA) is 18.5 Å². The van der Waals surface area contributed by atoms with Crippen molar-refractivity contribution in [2.45, 2.75) is 44.3 Å². The van der Waals surface area contributed by atoms with Crippen molar-refractivity contribution < 1.29 is 9.47 Å². The average molecular weight is 263 g/mol. The van der Waals surface area contributed by atoms with Crippen molar-refractivity contribution in [3.63, 3.8) is 0 Å². The second kappa shape index (κ2) is 4.50. The van der Waals surface area contributed by atoms with Crippen LogP contribution in [0.3, 0.4) is 0 Å². The largest absolute Gasteiger partial charge is 0.376 e. The van der Waals surface area contributed by atoms with E-state index in [-0.39, 0.29) is 5.60 Å². The molecule has 0 aromatic rings. The number of halogens is 1. The molecule has 0 spiro atoms. The maximum absolute atomic E-state index is 6.16. The van der Waals surface area contributed by atoms with Gasteiger partial charge < -0.3 is 9.47 Å². The van der Waals surface area contributed by atoms with Gasteiger partial charge in [0, 0.05) is 5.33 Å². The van der Waals surface area contributed by atoms with E-state index in [1.807, 2.05) is 0 Å². The Morgan fingerprint density at radius 2 is 2.29 bits per heavy atom. The fourth-order valence-corrected chi connectivity index (χ4v) is 3.15. The Morgan fingerprint density at radius 1 is 1.50 bits per heavy atom. The van der Waals surface area contributed by atoms with Crippen LogP contribution in [-0.2, 0) is 9.47 Å². The molecule has 2 aliphatic rings. The maximum Gasteiger partial charge on any atom is 0.105 e. The van der Waals surface area contributed by atoms with Crippen LogP contribution in [0.4, 0.5) is 0 Å². The lowest BCUT2D eigenvalue weighted by Crippen LogP contribution is -2.48. The Bertz CT molecular complexity index is 194. The predicted octanol–water partition coefficient (Wildman–Crippen LogP) is 2.75. The number of ether oxygens (including phenoxy) is 2. The van der Waals surface area contributed by atoms with Crippen molar-refractivity contribution in [3.05, 3.63) is 0 Å². The molecule has 1 saturated heterocycles. The summed E-state index contributed by atoms with van der Waals surface area (Å²) in [5.74, 6) is 0.808. The first-order chi connectivity index (χ1) is 6.74. The number of alkyl halides is 1. The van der Waals surface area contributed by atoms with E-state index in [2.05, 4.69) is 22.9 Å². The van der Waals surface area contributed by atoms with Gasteiger partial charge in [-0.2, -0.15) is 0 Å². The minimum atomic E-state index is 0.103. The first-order valence-electron chi connectivity index (χ1n) is 5.56. The summed E-state index contributed by atoms with van der Waals surface area (Å²) in [6.45, 7) is 3.92. The highest BCUT2D eigenvalue weighted by Gasteiger charge is 2.38. The molecule has 1 aliphatic carbocycles. The minimum absolute atomic E-state index is 0.103. The summed E-state index contributed by atoms with van der Waals surface area (Å²) in [6, 6.07) is 0. The van der Waals surface area contributed by atoms with E-state index >= 15 is 0 Å². The van der Waals surface area contributed by atoms with Gasteiger partial charge in [-0.3, -0.25) is 0 Å². The van der Waals surface area contributed by atoms with Gasteiger partial charge in [0.05, 0.1) is 18.8 Å². The van der Waals surface area contributed by atoms with Gasteiger partial charge in [-0.05, 0) is 18.8 Å². The summed E-state index contributed by atoms with van der Waals surface area (Å²) in [7, 11) is 0. The van der Waals surface area contributed by atoms with Crippen LogP contribution in [0.2, 0.25) is 0 Å². The molecular weight excluding hydrogens is 244 g/mol. The Hall–Kier alpha value is 0.400. The highest BCUT2D eigenvalue weighted by atomic mass is 79.9. The first-order valence-corrected chi connectivity index (χ1v) is 6.68. The van der Waals surface area contributed by atoms with Crippen molar-refractivity contribution in [1.82, 2.24) is 0 Å². The summed E-state index contributed by atoms with van der Waals surface area (Å²) in [5.41, 5.74) is 0.103. The van der Waals surface area contributed by atoms with Gasteiger partial charge in [-0.15, -0.1) is 0 Å². The molecule has 2 unspecified atom stereocenters. The van der Waals surface area contributed by atoms with Crippen LogP contribution in [0.15, 0.2) is 0 Å². The molecule has 0 amide bonds. The molecule has 0 N–H and O–H groups in total. The molecule has 82 valence electrons. The van der Waals surface area contributed by atoms with Crippen LogP contribution in [0.5, 0.6) is 0 Å². The van der Waals surface area contributed by atoms with Crippen molar-refractivity contribution in [3.8, 4) is 0 Å². The molecule has 2 atom stereocenters. The summed E-state index contributed by atoms with van der Waals surface area (Å²) in [5, 5.41) is 0.973. The van der Waals surface area contributed by atoms with E-state index in [0.29, 0.717) is 6.10 Å². The summed E-state index contributed by atoms with van der Waals surface area (Å²) in [6.07, 6.45) is 5.44. The van der Waals surface area contributed by atoms with E-state index in [4.69, 9.17) is 9.47 Å². The van der Waals surface area contributed by atoms with Crippen molar-refractivity contribution in [2.24, 2.45) is 5.92 Å². The molecule has 0 bridgehead atoms. The van der Waals surface area contributed by atoms with Crippen molar-refractivity contribution >= 4 is 15.9 Å². The Labute approximate surface area is 94.5 Å². The van der Waals surface area contributed by atoms with E-state index in [0.717, 1.165) is 24.5 Å². The van der Waals surface area contributed by atoms with Crippen LogP contribution >= 0.6 is 15.9 Å². The molecule has 2 nitrogen and oxygen atoms in total. The van der Waals surface area contributed by atoms with Gasteiger partial charge in [-0.25, -0.2) is 0 Å². The van der Waals surface area contributed by atoms with Gasteiger partial charge in [0.25, 0.3) is 0 Å². The molecule has 3 heteroatoms. The zero-order chi connectivity index (χ0) is 10.0. The fraction of sp³-hybridized carbons (Fsp3) is 1.00. The van der Waals surface area contributed by atoms with Crippen LogP contribution in [-0.4, -0.2) is 30.2 Å². The second-order valence-electron chi connectivity index (χ2n) is 4.80. The van der Waals surface area contributed by atoms with E-state index in [9.17, 15) is 0 Å². The molecule has 2 fully saturated rings.